The fourth-order valence-electron chi connectivity index (χ4n) is 1.20. The Balaban J connectivity index is 0. The molecule has 0 fully saturated rings. The van der Waals surface area contributed by atoms with Crippen molar-refractivity contribution >= 4 is 10.5 Å². The Bertz CT molecular complexity index is 275. The van der Waals surface area contributed by atoms with E-state index in [1.165, 1.54) is 0 Å². The lowest BCUT2D eigenvalue weighted by atomic mass is 10.3. The topological polar surface area (TPSA) is 57.2 Å². The molecule has 0 unspecified atom stereocenters. The fraction of sp³-hybridized carbons (Fsp3) is 0.778. The summed E-state index contributed by atoms with van der Waals surface area (Å²) in [7, 11) is -5.42. The Kier molecular flexibility index (Phi) is 8.53. The van der Waals surface area contributed by atoms with Gasteiger partial charge in [-0.2, -0.15) is 0 Å². The minimum Gasteiger partial charge on any atom is -0.722 e. The number of rotatable bonds is 4. The highest BCUT2D eigenvalue weighted by Gasteiger charge is 2.17. The third kappa shape index (κ3) is 11.3. The van der Waals surface area contributed by atoms with E-state index < -0.39 is 10.5 Å². The molecule has 0 rings (SSSR count). The molecule has 0 saturated heterocycles. The van der Waals surface area contributed by atoms with Crippen LogP contribution in [0.2, 0.25) is 0 Å². The Morgan fingerprint density at radius 1 is 1.27 bits per heavy atom. The summed E-state index contributed by atoms with van der Waals surface area (Å²) in [5.41, 5.74) is 0. The quantitative estimate of drug-likeness (QED) is 0.317. The normalized spacial score (nSPS) is 11.2. The average molecular weight is 239 g/mol. The first-order valence-corrected chi connectivity index (χ1v) is 5.99. The molecule has 0 aliphatic heterocycles. The summed E-state index contributed by atoms with van der Waals surface area (Å²) in [4.78, 5) is 0. The lowest BCUT2D eigenvalue weighted by Crippen LogP contribution is -2.47. The predicted octanol–water partition coefficient (Wildman–Crippen LogP) is 0.912. The number of terminal acetylenes is 1. The first kappa shape index (κ1) is 16.8. The van der Waals surface area contributed by atoms with Crippen LogP contribution in [0.15, 0.2) is 0 Å². The zero-order valence-corrected chi connectivity index (χ0v) is 10.2. The molecule has 0 bridgehead atoms. The van der Waals surface area contributed by atoms with E-state index in [2.05, 4.69) is 26.7 Å². The van der Waals surface area contributed by atoms with Gasteiger partial charge in [0, 0.05) is 0 Å². The van der Waals surface area contributed by atoms with E-state index in [0.29, 0.717) is 0 Å². The van der Waals surface area contributed by atoms with Crippen LogP contribution in [0.1, 0.15) is 20.8 Å². The molecule has 0 aromatic rings. The van der Waals surface area contributed by atoms with Gasteiger partial charge in [0.2, 0.25) is 0 Å². The molecular weight excluding hydrogens is 221 g/mol. The second-order valence-electron chi connectivity index (χ2n) is 3.05. The minimum absolute atomic E-state index is 0.878. The van der Waals surface area contributed by atoms with Crippen LogP contribution >= 0.6 is 0 Å². The van der Waals surface area contributed by atoms with E-state index in [9.17, 15) is 3.89 Å². The van der Waals surface area contributed by atoms with Gasteiger partial charge in [-0.1, -0.05) is 0 Å². The van der Waals surface area contributed by atoms with E-state index in [-0.39, 0.29) is 0 Å². The van der Waals surface area contributed by atoms with Crippen molar-refractivity contribution in [1.29, 1.82) is 0 Å². The number of hydrogen-bond donors (Lipinski definition) is 0. The third-order valence-corrected chi connectivity index (χ3v) is 2.44. The maximum atomic E-state index is 10.1. The van der Waals surface area contributed by atoms with Gasteiger partial charge in [-0.05, 0) is 26.7 Å². The molecule has 0 aliphatic rings. The summed E-state index contributed by atoms with van der Waals surface area (Å²) in [5.74, 6) is 2.73. The van der Waals surface area contributed by atoms with Gasteiger partial charge >= 0.3 is 0 Å². The molecule has 0 aromatic heterocycles. The lowest BCUT2D eigenvalue weighted by Gasteiger charge is -2.33. The highest BCUT2D eigenvalue weighted by Crippen LogP contribution is 2.03. The molecule has 90 valence electrons. The van der Waals surface area contributed by atoms with Crippen LogP contribution in [-0.4, -0.2) is 43.6 Å². The molecule has 0 amide bonds. The van der Waals surface area contributed by atoms with Crippen molar-refractivity contribution in [3.05, 3.63) is 0 Å². The molecule has 0 radical (unpaired) electrons. The molecule has 0 spiro atoms. The maximum absolute atomic E-state index is 10.1. The fourth-order valence-corrected chi connectivity index (χ4v) is 1.20. The van der Waals surface area contributed by atoms with E-state index in [4.69, 9.17) is 19.4 Å². The van der Waals surface area contributed by atoms with Crippen LogP contribution in [0.25, 0.3) is 0 Å². The lowest BCUT2D eigenvalue weighted by molar-refractivity contribution is -0.916. The molecule has 0 heterocycles. The van der Waals surface area contributed by atoms with Crippen molar-refractivity contribution in [3.63, 3.8) is 0 Å². The second kappa shape index (κ2) is 7.63. The smallest absolute Gasteiger partial charge is 0.255 e. The monoisotopic (exact) mass is 239 g/mol. The summed E-state index contributed by atoms with van der Waals surface area (Å²) in [6, 6.07) is 0. The number of quaternary nitrogens is 1. The summed E-state index contributed by atoms with van der Waals surface area (Å²) in [6.45, 7) is 10.9. The summed E-state index contributed by atoms with van der Waals surface area (Å²) >= 11 is 0. The zero-order chi connectivity index (χ0) is 12.5. The van der Waals surface area contributed by atoms with Gasteiger partial charge in [-0.25, -0.2) is 8.42 Å². The van der Waals surface area contributed by atoms with Gasteiger partial charge in [0.25, 0.3) is 10.5 Å². The summed E-state index contributed by atoms with van der Waals surface area (Å²) < 4.78 is 36.4. The molecule has 4 nitrogen and oxygen atoms in total. The Hall–Kier alpha value is -0.640. The maximum Gasteiger partial charge on any atom is 0.255 e. The van der Waals surface area contributed by atoms with Crippen molar-refractivity contribution < 1.29 is 21.3 Å². The summed E-state index contributed by atoms with van der Waals surface area (Å²) in [5, 5.41) is 0. The van der Waals surface area contributed by atoms with E-state index in [1.54, 1.807) is 0 Å². The minimum atomic E-state index is -5.42. The molecule has 15 heavy (non-hydrogen) atoms. The highest BCUT2D eigenvalue weighted by molar-refractivity contribution is 7.80. The second-order valence-corrected chi connectivity index (χ2v) is 3.83. The molecule has 0 saturated carbocycles. The molecular formula is C9H18FNO3S. The van der Waals surface area contributed by atoms with Gasteiger partial charge in [0.15, 0.2) is 0 Å². The number of halogens is 1. The highest BCUT2D eigenvalue weighted by atomic mass is 32.3. The standard InChI is InChI=1S/C9H18N.FHO3S/c1-5-9-10(6-2,7-3)8-4;1-5(2,3)4/h1H,6-9H2,2-4H3;(H,2,3,4)/q+1;/p-1. The Labute approximate surface area is 91.7 Å². The van der Waals surface area contributed by atoms with Crippen LogP contribution in [0.4, 0.5) is 3.89 Å². The molecule has 0 aliphatic carbocycles. The van der Waals surface area contributed by atoms with Crippen molar-refractivity contribution in [1.82, 2.24) is 0 Å². The van der Waals surface area contributed by atoms with Crippen LogP contribution in [-0.2, 0) is 10.5 Å². The largest absolute Gasteiger partial charge is 0.722 e. The van der Waals surface area contributed by atoms with Gasteiger partial charge < -0.3 is 9.04 Å². The Morgan fingerprint density at radius 3 is 1.60 bits per heavy atom. The average Bonchev–Trinajstić information content (AvgIpc) is 2.12. The number of nitrogens with zero attached hydrogens (tertiary/aromatic N) is 1. The zero-order valence-electron chi connectivity index (χ0n) is 9.36. The van der Waals surface area contributed by atoms with Crippen molar-refractivity contribution in [3.8, 4) is 12.3 Å². The SMILES string of the molecule is C#CC[N+](CC)(CC)CC.O=S(=O)([O-])F. The first-order valence-electron chi connectivity index (χ1n) is 4.68. The van der Waals surface area contributed by atoms with Gasteiger partial charge in [-0.15, -0.1) is 10.3 Å². The van der Waals surface area contributed by atoms with E-state index >= 15 is 0 Å². The van der Waals surface area contributed by atoms with Crippen LogP contribution in [0.3, 0.4) is 0 Å². The predicted molar refractivity (Wildman–Crippen MR) is 56.4 cm³/mol. The molecule has 0 atom stereocenters. The van der Waals surface area contributed by atoms with Crippen molar-refractivity contribution in [2.45, 2.75) is 20.8 Å². The first-order chi connectivity index (χ1) is 6.74. The van der Waals surface area contributed by atoms with E-state index in [0.717, 1.165) is 30.7 Å². The molecule has 0 N–H and O–H groups in total. The van der Waals surface area contributed by atoms with Crippen LogP contribution in [0, 0.1) is 12.3 Å². The van der Waals surface area contributed by atoms with Gasteiger partial charge in [-0.3, -0.25) is 0 Å². The van der Waals surface area contributed by atoms with Crippen molar-refractivity contribution in [2.24, 2.45) is 0 Å². The van der Waals surface area contributed by atoms with Crippen LogP contribution in [0.5, 0.6) is 0 Å². The third-order valence-electron chi connectivity index (χ3n) is 2.44. The Morgan fingerprint density at radius 2 is 1.53 bits per heavy atom. The molecule has 6 heteroatoms. The van der Waals surface area contributed by atoms with Crippen molar-refractivity contribution in [2.75, 3.05) is 26.2 Å². The number of hydrogen-bond acceptors (Lipinski definition) is 3. The van der Waals surface area contributed by atoms with Crippen LogP contribution < -0.4 is 0 Å². The summed E-state index contributed by atoms with van der Waals surface area (Å²) in [6.07, 6.45) is 5.28. The van der Waals surface area contributed by atoms with Gasteiger partial charge in [0.1, 0.15) is 6.54 Å². The van der Waals surface area contributed by atoms with Gasteiger partial charge in [0.05, 0.1) is 19.6 Å². The molecule has 0 aromatic carbocycles. The van der Waals surface area contributed by atoms with E-state index in [1.807, 2.05) is 0 Å².